The number of nitrogens with zero attached hydrogens (tertiary/aromatic N) is 3. The van der Waals surface area contributed by atoms with Crippen LogP contribution in [0.4, 0.5) is 18.9 Å². The van der Waals surface area contributed by atoms with Crippen molar-refractivity contribution in [2.24, 2.45) is 10.7 Å². The van der Waals surface area contributed by atoms with Crippen molar-refractivity contribution in [3.63, 3.8) is 0 Å². The Morgan fingerprint density at radius 1 is 1.33 bits per heavy atom. The van der Waals surface area contributed by atoms with Gasteiger partial charge in [-0.05, 0) is 24.6 Å². The maximum absolute atomic E-state index is 14.7. The van der Waals surface area contributed by atoms with E-state index in [2.05, 4.69) is 20.3 Å². The minimum absolute atomic E-state index is 0.0227. The normalized spacial score (nSPS) is 18.3. The molecule has 1 unspecified atom stereocenters. The molecule has 1 aliphatic rings. The summed E-state index contributed by atoms with van der Waals surface area (Å²) in [7, 11) is 1.40. The first-order valence-corrected chi connectivity index (χ1v) is 8.81. The number of amidine groups is 1. The lowest BCUT2D eigenvalue weighted by atomic mass is 9.84. The molecule has 1 atom stereocenters. The van der Waals surface area contributed by atoms with Crippen LogP contribution in [0.15, 0.2) is 47.4 Å². The Morgan fingerprint density at radius 3 is 2.70 bits per heavy atom. The summed E-state index contributed by atoms with van der Waals surface area (Å²) in [5.74, 6) is -2.05. The van der Waals surface area contributed by atoms with E-state index in [9.17, 15) is 18.0 Å². The number of hydrogen-bond acceptors (Lipinski definition) is 7. The Labute approximate surface area is 169 Å². The number of nitrogens with one attached hydrogen (secondary N) is 1. The van der Waals surface area contributed by atoms with Gasteiger partial charge < -0.3 is 20.5 Å². The van der Waals surface area contributed by atoms with Crippen LogP contribution in [0.1, 0.15) is 29.4 Å². The van der Waals surface area contributed by atoms with E-state index in [-0.39, 0.29) is 41.7 Å². The van der Waals surface area contributed by atoms with E-state index in [0.29, 0.717) is 0 Å². The monoisotopic (exact) mass is 421 g/mol. The van der Waals surface area contributed by atoms with Crippen LogP contribution < -0.4 is 15.8 Å². The zero-order valence-electron chi connectivity index (χ0n) is 16.1. The number of aromatic nitrogens is 2. The Hall–Kier alpha value is -3.63. The van der Waals surface area contributed by atoms with E-state index in [1.807, 2.05) is 0 Å². The van der Waals surface area contributed by atoms with Crippen molar-refractivity contribution in [3.05, 3.63) is 59.5 Å². The molecule has 0 aliphatic carbocycles. The molecule has 0 bridgehead atoms. The highest BCUT2D eigenvalue weighted by Crippen LogP contribution is 2.43. The molecule has 0 radical (unpaired) electrons. The van der Waals surface area contributed by atoms with E-state index >= 15 is 0 Å². The van der Waals surface area contributed by atoms with Crippen molar-refractivity contribution in [2.75, 3.05) is 19.0 Å². The highest BCUT2D eigenvalue weighted by Gasteiger charge is 2.44. The second-order valence-electron chi connectivity index (χ2n) is 6.29. The van der Waals surface area contributed by atoms with Gasteiger partial charge in [-0.2, -0.15) is 8.78 Å². The zero-order chi connectivity index (χ0) is 21.9. The quantitative estimate of drug-likeness (QED) is 0.768. The van der Waals surface area contributed by atoms with Gasteiger partial charge >= 0.3 is 6.08 Å². The lowest BCUT2D eigenvalue weighted by molar-refractivity contribution is 0.102. The molecule has 0 spiro atoms. The summed E-state index contributed by atoms with van der Waals surface area (Å²) in [6.45, 7) is 1.22. The third-order valence-electron chi connectivity index (χ3n) is 4.50. The van der Waals surface area contributed by atoms with Crippen molar-refractivity contribution in [2.45, 2.75) is 18.9 Å². The van der Waals surface area contributed by atoms with Gasteiger partial charge in [0.25, 0.3) is 5.91 Å². The third kappa shape index (κ3) is 3.91. The average Bonchev–Trinajstić information content (AvgIpc) is 2.74. The highest BCUT2D eigenvalue weighted by molar-refractivity contribution is 6.02. The number of amides is 1. The van der Waals surface area contributed by atoms with Crippen molar-refractivity contribution in [1.82, 2.24) is 9.97 Å². The fourth-order valence-electron chi connectivity index (χ4n) is 3.07. The van der Waals surface area contributed by atoms with E-state index in [0.717, 1.165) is 6.07 Å². The van der Waals surface area contributed by atoms with Gasteiger partial charge in [-0.1, -0.05) is 6.92 Å². The smallest absolute Gasteiger partial charge is 0.310 e. The first-order valence-electron chi connectivity index (χ1n) is 8.81. The van der Waals surface area contributed by atoms with Crippen LogP contribution >= 0.6 is 0 Å². The van der Waals surface area contributed by atoms with Gasteiger partial charge in [0, 0.05) is 11.3 Å². The molecule has 3 rings (SSSR count). The number of anilines is 1. The van der Waals surface area contributed by atoms with Crippen molar-refractivity contribution in [3.8, 4) is 5.88 Å². The van der Waals surface area contributed by atoms with Crippen molar-refractivity contribution < 1.29 is 27.4 Å². The molecule has 0 fully saturated rings. The Bertz CT molecular complexity index is 1020. The van der Waals surface area contributed by atoms with E-state index < -0.39 is 29.1 Å². The van der Waals surface area contributed by atoms with Gasteiger partial charge in [0.1, 0.15) is 24.0 Å². The largest absolute Gasteiger partial charge is 0.482 e. The fourth-order valence-corrected chi connectivity index (χ4v) is 3.07. The van der Waals surface area contributed by atoms with Crippen LogP contribution in [0.25, 0.3) is 0 Å². The number of carbonyl (C=O) groups excluding carboxylic acids is 1. The Balaban J connectivity index is 2.00. The molecule has 11 heteroatoms. The minimum Gasteiger partial charge on any atom is -0.482 e. The molecule has 2 aromatic rings. The van der Waals surface area contributed by atoms with Gasteiger partial charge in [0.2, 0.25) is 5.88 Å². The summed E-state index contributed by atoms with van der Waals surface area (Å²) in [6.07, 6.45) is 0.273. The number of carbonyl (C=O) groups is 1. The first-order chi connectivity index (χ1) is 14.3. The number of aliphatic imine (C=N–C) groups is 1. The Kier molecular flexibility index (Phi) is 5.90. The second-order valence-corrected chi connectivity index (χ2v) is 6.29. The van der Waals surface area contributed by atoms with Crippen LogP contribution in [0.2, 0.25) is 0 Å². The summed E-state index contributed by atoms with van der Waals surface area (Å²) in [5.41, 5.74) is 3.74. The van der Waals surface area contributed by atoms with Crippen molar-refractivity contribution >= 4 is 17.4 Å². The maximum atomic E-state index is 14.7. The van der Waals surface area contributed by atoms with Crippen LogP contribution in [0.3, 0.4) is 0 Å². The Morgan fingerprint density at radius 2 is 2.10 bits per heavy atom. The molecule has 1 amide bonds. The predicted octanol–water partition coefficient (Wildman–Crippen LogP) is 2.98. The van der Waals surface area contributed by atoms with Crippen LogP contribution in [-0.2, 0) is 10.3 Å². The maximum Gasteiger partial charge on any atom is 0.310 e. The molecule has 0 saturated carbocycles. The SMILES string of the molecule is CCC1(c2cc(NC(=O)c3cnc(OC)cn3)ccc2F)N=C(N)COC1=C(F)F. The first kappa shape index (κ1) is 21.1. The van der Waals surface area contributed by atoms with E-state index in [4.69, 9.17) is 15.2 Å². The van der Waals surface area contributed by atoms with Crippen molar-refractivity contribution in [1.29, 1.82) is 0 Å². The molecule has 2 heterocycles. The van der Waals surface area contributed by atoms with Gasteiger partial charge in [0.05, 0.1) is 19.5 Å². The number of rotatable bonds is 5. The van der Waals surface area contributed by atoms with Crippen LogP contribution in [0, 0.1) is 5.82 Å². The minimum atomic E-state index is -2.13. The number of halogens is 3. The summed E-state index contributed by atoms with van der Waals surface area (Å²) < 4.78 is 51.8. The number of benzene rings is 1. The van der Waals surface area contributed by atoms with E-state index in [1.54, 1.807) is 6.92 Å². The third-order valence-corrected chi connectivity index (χ3v) is 4.50. The van der Waals surface area contributed by atoms with Crippen LogP contribution in [0.5, 0.6) is 5.88 Å². The summed E-state index contributed by atoms with van der Waals surface area (Å²) >= 11 is 0. The molecule has 1 aliphatic heterocycles. The standard InChI is InChI=1S/C19H18F3N5O3/c1-3-19(16(17(21)22)30-9-14(23)27-19)11-6-10(4-5-12(11)20)26-18(28)13-7-25-15(29-2)8-24-13/h4-8H,3,9H2,1-2H3,(H2,23,27)(H,26,28). The zero-order valence-corrected chi connectivity index (χ0v) is 16.1. The lowest BCUT2D eigenvalue weighted by Crippen LogP contribution is -2.39. The lowest BCUT2D eigenvalue weighted by Gasteiger charge is -2.35. The van der Waals surface area contributed by atoms with Gasteiger partial charge in [-0.25, -0.2) is 19.4 Å². The summed E-state index contributed by atoms with van der Waals surface area (Å²) in [6, 6.07) is 3.53. The average molecular weight is 421 g/mol. The topological polar surface area (TPSA) is 112 Å². The summed E-state index contributed by atoms with van der Waals surface area (Å²) in [4.78, 5) is 24.3. The molecule has 158 valence electrons. The fraction of sp³-hybridized carbons (Fsp3) is 0.263. The van der Waals surface area contributed by atoms with Gasteiger partial charge in [0.15, 0.2) is 11.3 Å². The number of hydrogen-bond donors (Lipinski definition) is 2. The molecule has 3 N–H and O–H groups in total. The molecule has 1 aromatic carbocycles. The van der Waals surface area contributed by atoms with Gasteiger partial charge in [-0.15, -0.1) is 0 Å². The van der Waals surface area contributed by atoms with Gasteiger partial charge in [-0.3, -0.25) is 4.79 Å². The number of methoxy groups -OCH3 is 1. The number of nitrogens with two attached hydrogens (primary N) is 1. The molecule has 0 saturated heterocycles. The van der Waals surface area contributed by atoms with Crippen LogP contribution in [-0.4, -0.2) is 35.4 Å². The molecule has 1 aromatic heterocycles. The molecule has 30 heavy (non-hydrogen) atoms. The number of ether oxygens (including phenoxy) is 2. The molecular formula is C19H18F3N5O3. The summed E-state index contributed by atoms with van der Waals surface area (Å²) in [5, 5.41) is 2.53. The second kappa shape index (κ2) is 8.39. The van der Waals surface area contributed by atoms with E-state index in [1.165, 1.54) is 31.6 Å². The molecular weight excluding hydrogens is 403 g/mol. The molecule has 8 nitrogen and oxygen atoms in total. The highest BCUT2D eigenvalue weighted by atomic mass is 19.3. The predicted molar refractivity (Wildman–Crippen MR) is 102 cm³/mol.